The van der Waals surface area contributed by atoms with E-state index in [1.54, 1.807) is 0 Å². The predicted molar refractivity (Wildman–Crippen MR) is 122 cm³/mol. The summed E-state index contributed by atoms with van der Waals surface area (Å²) in [5.74, 6) is 0. The summed E-state index contributed by atoms with van der Waals surface area (Å²) in [6.45, 7) is 2.12. The van der Waals surface area contributed by atoms with Gasteiger partial charge < -0.3 is 4.98 Å². The zero-order valence-electron chi connectivity index (χ0n) is 15.9. The molecule has 0 saturated heterocycles. The number of rotatable bonds is 0. The van der Waals surface area contributed by atoms with Crippen LogP contribution >= 0.6 is 0 Å². The molecule has 29 heavy (non-hydrogen) atoms. The van der Waals surface area contributed by atoms with E-state index in [9.17, 15) is 4.79 Å². The molecule has 3 nitrogen and oxygen atoms in total. The molecule has 0 radical (unpaired) electrons. The first-order chi connectivity index (χ1) is 14.2. The molecule has 6 rings (SSSR count). The fraction of sp³-hybridized carbons (Fsp3) is 0.0385. The van der Waals surface area contributed by atoms with Crippen molar-refractivity contribution in [2.45, 2.75) is 6.92 Å². The van der Waals surface area contributed by atoms with Gasteiger partial charge in [-0.1, -0.05) is 60.7 Å². The van der Waals surface area contributed by atoms with Crippen molar-refractivity contribution in [2.75, 3.05) is 0 Å². The minimum atomic E-state index is 0.00792. The summed E-state index contributed by atoms with van der Waals surface area (Å²) in [5, 5.41) is 5.10. The fourth-order valence-electron chi connectivity index (χ4n) is 4.60. The second-order valence-electron chi connectivity index (χ2n) is 7.51. The molecule has 6 aromatic rings. The van der Waals surface area contributed by atoms with Gasteiger partial charge in [0.15, 0.2) is 0 Å². The van der Waals surface area contributed by atoms with Crippen molar-refractivity contribution in [1.82, 2.24) is 9.38 Å². The van der Waals surface area contributed by atoms with Crippen molar-refractivity contribution in [3.63, 3.8) is 0 Å². The summed E-state index contributed by atoms with van der Waals surface area (Å²) in [5.41, 5.74) is 4.90. The number of hydrogen-bond acceptors (Lipinski definition) is 1. The van der Waals surface area contributed by atoms with Crippen LogP contribution in [0.1, 0.15) is 5.56 Å². The van der Waals surface area contributed by atoms with Crippen molar-refractivity contribution in [3.8, 4) is 0 Å². The van der Waals surface area contributed by atoms with Crippen LogP contribution in [-0.4, -0.2) is 9.38 Å². The van der Waals surface area contributed by atoms with E-state index in [2.05, 4.69) is 42.2 Å². The minimum Gasteiger partial charge on any atom is -0.353 e. The Morgan fingerprint density at radius 2 is 1.24 bits per heavy atom. The Kier molecular flexibility index (Phi) is 3.24. The van der Waals surface area contributed by atoms with Crippen LogP contribution in [0.4, 0.5) is 0 Å². The van der Waals surface area contributed by atoms with Crippen molar-refractivity contribution in [2.24, 2.45) is 0 Å². The van der Waals surface area contributed by atoms with E-state index in [1.807, 2.05) is 59.0 Å². The fourth-order valence-corrected chi connectivity index (χ4v) is 4.60. The molecule has 1 N–H and O–H groups in total. The third kappa shape index (κ3) is 2.15. The molecule has 3 heteroatoms. The number of benzene rings is 4. The van der Waals surface area contributed by atoms with Crippen LogP contribution in [0.15, 0.2) is 89.7 Å². The van der Waals surface area contributed by atoms with E-state index < -0.39 is 0 Å². The molecule has 0 aliphatic rings. The van der Waals surface area contributed by atoms with E-state index >= 15 is 0 Å². The Labute approximate surface area is 166 Å². The third-order valence-electron chi connectivity index (χ3n) is 5.94. The average Bonchev–Trinajstić information content (AvgIpc) is 2.78. The van der Waals surface area contributed by atoms with Gasteiger partial charge in [0, 0.05) is 21.7 Å². The number of aromatic amines is 1. The molecule has 138 valence electrons. The second kappa shape index (κ2) is 5.82. The van der Waals surface area contributed by atoms with Crippen molar-refractivity contribution in [1.29, 1.82) is 0 Å². The summed E-state index contributed by atoms with van der Waals surface area (Å²) in [6, 6.07) is 28.6. The molecule has 2 heterocycles. The zero-order valence-corrected chi connectivity index (χ0v) is 15.9. The van der Waals surface area contributed by atoms with Gasteiger partial charge in [0.2, 0.25) is 0 Å². The molecule has 0 aliphatic carbocycles. The molecular formula is C26H18N2O. The van der Waals surface area contributed by atoms with Gasteiger partial charge in [-0.25, -0.2) is 0 Å². The monoisotopic (exact) mass is 374 g/mol. The SMILES string of the molecule is Cc1c2ccc3c4ccccc4c(=O)n(c4ccccc4[nH]c4ccccc42)c13. The van der Waals surface area contributed by atoms with Gasteiger partial charge in [-0.15, -0.1) is 0 Å². The summed E-state index contributed by atoms with van der Waals surface area (Å²) in [4.78, 5) is 17.3. The van der Waals surface area contributed by atoms with Crippen LogP contribution in [0, 0.1) is 6.92 Å². The molecule has 2 aromatic heterocycles. The first-order valence-corrected chi connectivity index (χ1v) is 9.77. The largest absolute Gasteiger partial charge is 0.353 e. The number of para-hydroxylation sites is 3. The van der Waals surface area contributed by atoms with Gasteiger partial charge in [-0.3, -0.25) is 9.20 Å². The van der Waals surface area contributed by atoms with E-state index in [1.165, 1.54) is 0 Å². The predicted octanol–water partition coefficient (Wildman–Crippen LogP) is 6.11. The minimum absolute atomic E-state index is 0.00792. The van der Waals surface area contributed by atoms with Crippen LogP contribution in [-0.2, 0) is 0 Å². The van der Waals surface area contributed by atoms with Crippen molar-refractivity contribution in [3.05, 3.63) is 101 Å². The normalized spacial score (nSPS) is 11.8. The average molecular weight is 374 g/mol. The van der Waals surface area contributed by atoms with Crippen LogP contribution in [0.25, 0.3) is 49.0 Å². The van der Waals surface area contributed by atoms with Gasteiger partial charge >= 0.3 is 0 Å². The molecule has 0 aliphatic heterocycles. The highest BCUT2D eigenvalue weighted by molar-refractivity contribution is 6.12. The Bertz CT molecular complexity index is 1690. The smallest absolute Gasteiger partial charge is 0.263 e. The lowest BCUT2D eigenvalue weighted by atomic mass is 9.99. The number of aryl methyl sites for hydroxylation is 1. The van der Waals surface area contributed by atoms with Crippen molar-refractivity contribution >= 4 is 49.0 Å². The number of aromatic nitrogens is 2. The number of H-pyrrole nitrogens is 1. The van der Waals surface area contributed by atoms with Crippen LogP contribution < -0.4 is 5.56 Å². The van der Waals surface area contributed by atoms with Crippen LogP contribution in [0.5, 0.6) is 0 Å². The first kappa shape index (κ1) is 16.1. The van der Waals surface area contributed by atoms with Gasteiger partial charge in [0.25, 0.3) is 5.56 Å². The summed E-state index contributed by atoms with van der Waals surface area (Å²) >= 11 is 0. The van der Waals surface area contributed by atoms with Gasteiger partial charge in [0.1, 0.15) is 0 Å². The van der Waals surface area contributed by atoms with Gasteiger partial charge in [-0.05, 0) is 47.5 Å². The highest BCUT2D eigenvalue weighted by atomic mass is 16.1. The Morgan fingerprint density at radius 3 is 2.07 bits per heavy atom. The molecule has 0 unspecified atom stereocenters. The number of hydrogen-bond donors (Lipinski definition) is 1. The number of nitrogens with zero attached hydrogens (tertiary/aromatic N) is 1. The number of nitrogens with one attached hydrogen (secondary N) is 1. The Hall–Kier alpha value is -3.85. The van der Waals surface area contributed by atoms with Gasteiger partial charge in [-0.2, -0.15) is 0 Å². The summed E-state index contributed by atoms with van der Waals surface area (Å²) < 4.78 is 1.88. The highest BCUT2D eigenvalue weighted by Crippen LogP contribution is 2.31. The molecule has 0 saturated carbocycles. The van der Waals surface area contributed by atoms with Crippen LogP contribution in [0.3, 0.4) is 0 Å². The Morgan fingerprint density at radius 1 is 0.621 bits per heavy atom. The maximum Gasteiger partial charge on any atom is 0.263 e. The van der Waals surface area contributed by atoms with E-state index in [0.29, 0.717) is 0 Å². The standard InChI is InChI=1S/C26H18N2O/c1-16-17-14-15-20-18-8-2-3-10-21(18)26(29)28(25(16)20)24-13-7-6-12-23(24)27-22-11-5-4-9-19(17)22/h2-15,27H,1H3. The van der Waals surface area contributed by atoms with Crippen molar-refractivity contribution < 1.29 is 0 Å². The topological polar surface area (TPSA) is 37.3 Å². The molecule has 4 aromatic carbocycles. The molecular weight excluding hydrogens is 356 g/mol. The second-order valence-corrected chi connectivity index (χ2v) is 7.51. The molecule has 0 amide bonds. The number of pyridine rings is 1. The summed E-state index contributed by atoms with van der Waals surface area (Å²) in [7, 11) is 0. The molecule has 0 spiro atoms. The summed E-state index contributed by atoms with van der Waals surface area (Å²) in [6.07, 6.45) is 0. The maximum absolute atomic E-state index is 13.7. The lowest BCUT2D eigenvalue weighted by Crippen LogP contribution is -2.15. The van der Waals surface area contributed by atoms with Gasteiger partial charge in [0.05, 0.1) is 16.6 Å². The quantitative estimate of drug-likeness (QED) is 0.320. The molecule has 0 atom stereocenters. The van der Waals surface area contributed by atoms with E-state index in [0.717, 1.165) is 54.6 Å². The lowest BCUT2D eigenvalue weighted by Gasteiger charge is -2.12. The Balaban J connectivity index is 2.14. The number of fused-ring (bicyclic) bond motifs is 7. The lowest BCUT2D eigenvalue weighted by molar-refractivity contribution is 1.18. The first-order valence-electron chi connectivity index (χ1n) is 9.77. The molecule has 2 bridgehead atoms. The highest BCUT2D eigenvalue weighted by Gasteiger charge is 2.14. The van der Waals surface area contributed by atoms with E-state index in [-0.39, 0.29) is 5.56 Å². The van der Waals surface area contributed by atoms with Crippen LogP contribution in [0.2, 0.25) is 0 Å². The third-order valence-corrected chi connectivity index (χ3v) is 5.94. The maximum atomic E-state index is 13.7. The van der Waals surface area contributed by atoms with E-state index in [4.69, 9.17) is 0 Å². The zero-order chi connectivity index (χ0) is 19.5. The molecule has 0 fully saturated rings.